The summed E-state index contributed by atoms with van der Waals surface area (Å²) in [6.45, 7) is -0.0320. The van der Waals surface area contributed by atoms with Crippen LogP contribution in [0.3, 0.4) is 0 Å². The second kappa shape index (κ2) is 5.63. The number of aliphatic hydroxyl groups is 2. The quantitative estimate of drug-likeness (QED) is 0.690. The lowest BCUT2D eigenvalue weighted by Gasteiger charge is -2.25. The van der Waals surface area contributed by atoms with Crippen molar-refractivity contribution in [2.24, 2.45) is 0 Å². The fourth-order valence-corrected chi connectivity index (χ4v) is 2.89. The molecule has 19 heavy (non-hydrogen) atoms. The summed E-state index contributed by atoms with van der Waals surface area (Å²) in [5, 5.41) is 26.9. The van der Waals surface area contributed by atoms with Crippen molar-refractivity contribution in [3.8, 4) is 6.07 Å². The molecule has 0 aromatic heterocycles. The summed E-state index contributed by atoms with van der Waals surface area (Å²) in [4.78, 5) is -0.539. The zero-order chi connectivity index (χ0) is 14.7. The molecule has 0 fully saturated rings. The highest BCUT2D eigenvalue weighted by Crippen LogP contribution is 2.19. The van der Waals surface area contributed by atoms with Gasteiger partial charge in [0.1, 0.15) is 22.3 Å². The molecule has 0 saturated heterocycles. The second-order valence-corrected chi connectivity index (χ2v) is 5.86. The summed E-state index contributed by atoms with van der Waals surface area (Å²) in [5.41, 5.74) is -2.12. The molecule has 0 heterocycles. The van der Waals surface area contributed by atoms with Gasteiger partial charge >= 0.3 is 0 Å². The van der Waals surface area contributed by atoms with Crippen LogP contribution in [-0.2, 0) is 10.0 Å². The predicted octanol–water partition coefficient (Wildman–Crippen LogP) is -0.281. The Morgan fingerprint density at radius 3 is 2.47 bits per heavy atom. The lowest BCUT2D eigenvalue weighted by atomic mass is 10.1. The van der Waals surface area contributed by atoms with Crippen LogP contribution in [0.5, 0.6) is 0 Å². The molecule has 0 saturated carbocycles. The van der Waals surface area contributed by atoms with Crippen LogP contribution < -0.4 is 4.72 Å². The van der Waals surface area contributed by atoms with E-state index >= 15 is 0 Å². The molecule has 0 spiro atoms. The molecule has 3 N–H and O–H groups in total. The van der Waals surface area contributed by atoms with Gasteiger partial charge in [0.25, 0.3) is 0 Å². The van der Waals surface area contributed by atoms with Gasteiger partial charge < -0.3 is 10.2 Å². The molecule has 0 unspecified atom stereocenters. The van der Waals surface area contributed by atoms with E-state index < -0.39 is 45.1 Å². The number of hydrogen-bond acceptors (Lipinski definition) is 5. The minimum absolute atomic E-state index is 0.539. The molecular formula is C11H13FN2O4S. The monoisotopic (exact) mass is 288 g/mol. The standard InChI is InChI=1S/C11H13FN2O4S/c1-11(6-15,7-16)14-19(17,18)10-4-2-3-9(12)8(10)5-13/h2-4,14-16H,6-7H2,1H3. The SMILES string of the molecule is CC(CO)(CO)NS(=O)(=O)c1cccc(F)c1C#N. The molecule has 104 valence electrons. The zero-order valence-corrected chi connectivity index (χ0v) is 10.9. The Kier molecular flexibility index (Phi) is 4.60. The Morgan fingerprint density at radius 2 is 2.00 bits per heavy atom. The van der Waals surface area contributed by atoms with Gasteiger partial charge in [-0.2, -0.15) is 5.26 Å². The van der Waals surface area contributed by atoms with Gasteiger partial charge in [0.15, 0.2) is 0 Å². The first kappa shape index (κ1) is 15.5. The largest absolute Gasteiger partial charge is 0.394 e. The topological polar surface area (TPSA) is 110 Å². The highest BCUT2D eigenvalue weighted by molar-refractivity contribution is 7.89. The third-order valence-corrected chi connectivity index (χ3v) is 4.14. The van der Waals surface area contributed by atoms with E-state index in [9.17, 15) is 12.8 Å². The van der Waals surface area contributed by atoms with Crippen LogP contribution in [0.15, 0.2) is 23.1 Å². The molecule has 0 aliphatic heterocycles. The second-order valence-electron chi connectivity index (χ2n) is 4.21. The number of aliphatic hydroxyl groups excluding tert-OH is 2. The summed E-state index contributed by atoms with van der Waals surface area (Å²) in [6, 6.07) is 4.66. The summed E-state index contributed by atoms with van der Waals surface area (Å²) >= 11 is 0. The number of rotatable bonds is 5. The van der Waals surface area contributed by atoms with Gasteiger partial charge in [-0.1, -0.05) is 6.07 Å². The Hall–Kier alpha value is -1.53. The van der Waals surface area contributed by atoms with Crippen molar-refractivity contribution in [1.82, 2.24) is 4.72 Å². The van der Waals surface area contributed by atoms with Gasteiger partial charge in [0, 0.05) is 0 Å². The molecule has 1 aromatic rings. The molecule has 0 aliphatic carbocycles. The molecule has 8 heteroatoms. The molecule has 6 nitrogen and oxygen atoms in total. The Bertz CT molecular complexity index is 606. The van der Waals surface area contributed by atoms with Crippen LogP contribution in [-0.4, -0.2) is 37.4 Å². The first-order chi connectivity index (χ1) is 8.79. The van der Waals surface area contributed by atoms with E-state index in [2.05, 4.69) is 0 Å². The van der Waals surface area contributed by atoms with Crippen molar-refractivity contribution >= 4 is 10.0 Å². The number of nitrogens with one attached hydrogen (secondary N) is 1. The van der Waals surface area contributed by atoms with Crippen molar-refractivity contribution in [2.75, 3.05) is 13.2 Å². The predicted molar refractivity (Wildman–Crippen MR) is 64.0 cm³/mol. The van der Waals surface area contributed by atoms with E-state index in [0.29, 0.717) is 0 Å². The number of nitrogens with zero attached hydrogens (tertiary/aromatic N) is 1. The van der Waals surface area contributed by atoms with Crippen LogP contribution in [0.2, 0.25) is 0 Å². The number of halogens is 1. The summed E-state index contributed by atoms with van der Waals surface area (Å²) in [6.07, 6.45) is 0. The minimum Gasteiger partial charge on any atom is -0.394 e. The third kappa shape index (κ3) is 3.27. The zero-order valence-electron chi connectivity index (χ0n) is 10.1. The van der Waals surface area contributed by atoms with E-state index in [-0.39, 0.29) is 0 Å². The van der Waals surface area contributed by atoms with Gasteiger partial charge in [0.05, 0.1) is 18.8 Å². The third-order valence-electron chi connectivity index (χ3n) is 2.46. The number of nitriles is 1. The normalized spacial score (nSPS) is 12.2. The Balaban J connectivity index is 3.30. The van der Waals surface area contributed by atoms with Crippen molar-refractivity contribution < 1.29 is 23.0 Å². The maximum absolute atomic E-state index is 13.4. The van der Waals surface area contributed by atoms with Crippen molar-refractivity contribution in [3.05, 3.63) is 29.6 Å². The van der Waals surface area contributed by atoms with Crippen LogP contribution in [0, 0.1) is 17.1 Å². The Morgan fingerprint density at radius 1 is 1.42 bits per heavy atom. The molecule has 0 aliphatic rings. The molecule has 0 radical (unpaired) electrons. The van der Waals surface area contributed by atoms with Crippen LogP contribution in [0.25, 0.3) is 0 Å². The number of benzene rings is 1. The maximum atomic E-state index is 13.4. The average Bonchev–Trinajstić information content (AvgIpc) is 2.37. The van der Waals surface area contributed by atoms with E-state index in [0.717, 1.165) is 18.2 Å². The highest BCUT2D eigenvalue weighted by atomic mass is 32.2. The molecule has 0 amide bonds. The lowest BCUT2D eigenvalue weighted by Crippen LogP contribution is -2.51. The first-order valence-corrected chi connectivity index (χ1v) is 6.72. The van der Waals surface area contributed by atoms with Gasteiger partial charge in [-0.05, 0) is 19.1 Å². The Labute approximate surface area is 110 Å². The first-order valence-electron chi connectivity index (χ1n) is 5.24. The van der Waals surface area contributed by atoms with Crippen LogP contribution in [0.4, 0.5) is 4.39 Å². The van der Waals surface area contributed by atoms with Crippen molar-refractivity contribution in [1.29, 1.82) is 5.26 Å². The van der Waals surface area contributed by atoms with Gasteiger partial charge in [-0.25, -0.2) is 17.5 Å². The van der Waals surface area contributed by atoms with Gasteiger partial charge in [0.2, 0.25) is 10.0 Å². The van der Waals surface area contributed by atoms with Crippen molar-refractivity contribution in [2.45, 2.75) is 17.4 Å². The van der Waals surface area contributed by atoms with E-state index in [4.69, 9.17) is 15.5 Å². The van der Waals surface area contributed by atoms with Gasteiger partial charge in [-0.15, -0.1) is 0 Å². The lowest BCUT2D eigenvalue weighted by molar-refractivity contribution is 0.121. The maximum Gasteiger partial charge on any atom is 0.242 e. The van der Waals surface area contributed by atoms with Crippen molar-refractivity contribution in [3.63, 3.8) is 0 Å². The molecule has 0 bridgehead atoms. The minimum atomic E-state index is -4.24. The molecule has 0 atom stereocenters. The van der Waals surface area contributed by atoms with E-state index in [1.807, 2.05) is 4.72 Å². The fraction of sp³-hybridized carbons (Fsp3) is 0.364. The smallest absolute Gasteiger partial charge is 0.242 e. The number of hydrogen-bond donors (Lipinski definition) is 3. The highest BCUT2D eigenvalue weighted by Gasteiger charge is 2.31. The fourth-order valence-electron chi connectivity index (χ4n) is 1.33. The van der Waals surface area contributed by atoms with E-state index in [1.165, 1.54) is 13.0 Å². The average molecular weight is 288 g/mol. The number of sulfonamides is 1. The van der Waals surface area contributed by atoms with Crippen LogP contribution in [0.1, 0.15) is 12.5 Å². The molecule has 1 aromatic carbocycles. The molecule has 1 rings (SSSR count). The van der Waals surface area contributed by atoms with E-state index in [1.54, 1.807) is 0 Å². The van der Waals surface area contributed by atoms with Gasteiger partial charge in [-0.3, -0.25) is 0 Å². The van der Waals surface area contributed by atoms with Crippen LogP contribution >= 0.6 is 0 Å². The summed E-state index contributed by atoms with van der Waals surface area (Å²) in [7, 11) is -4.24. The molecular weight excluding hydrogens is 275 g/mol. The summed E-state index contributed by atoms with van der Waals surface area (Å²) < 4.78 is 39.5. The summed E-state index contributed by atoms with van der Waals surface area (Å²) in [5.74, 6) is -0.958.